The average Bonchev–Trinajstić information content (AvgIpc) is 2.40. The zero-order valence-electron chi connectivity index (χ0n) is 10.2. The molecule has 1 aliphatic heterocycles. The second kappa shape index (κ2) is 6.14. The molecule has 1 heterocycles. The second-order valence-electron chi connectivity index (χ2n) is 4.42. The molecule has 1 atom stereocenters. The van der Waals surface area contributed by atoms with Gasteiger partial charge in [-0.25, -0.2) is 0 Å². The zero-order chi connectivity index (χ0) is 13.0. The van der Waals surface area contributed by atoms with Crippen LogP contribution in [0.25, 0.3) is 0 Å². The van der Waals surface area contributed by atoms with Crippen LogP contribution < -0.4 is 5.73 Å². The molecule has 0 amide bonds. The smallest absolute Gasteiger partial charge is 0.176 e. The van der Waals surface area contributed by atoms with Crippen molar-refractivity contribution in [2.24, 2.45) is 5.73 Å². The topological polar surface area (TPSA) is 46.3 Å². The normalized spacial score (nSPS) is 20.0. The van der Waals surface area contributed by atoms with Crippen LogP contribution in [-0.4, -0.2) is 36.4 Å². The maximum absolute atomic E-state index is 12.1. The number of hydrogen-bond acceptors (Lipinski definition) is 3. The highest BCUT2D eigenvalue weighted by Gasteiger charge is 2.20. The molecule has 0 radical (unpaired) electrons. The van der Waals surface area contributed by atoms with Gasteiger partial charge in [0, 0.05) is 29.7 Å². The van der Waals surface area contributed by atoms with Crippen molar-refractivity contribution >= 4 is 17.4 Å². The fourth-order valence-corrected chi connectivity index (χ4v) is 2.24. The predicted molar refractivity (Wildman–Crippen MR) is 74.0 cm³/mol. The largest absolute Gasteiger partial charge is 0.329 e. The van der Waals surface area contributed by atoms with Gasteiger partial charge >= 0.3 is 0 Å². The summed E-state index contributed by atoms with van der Waals surface area (Å²) < 4.78 is 0. The number of Topliss-reactive ketones (excluding diaryl/α,β-unsaturated/α-hetero) is 1. The first-order chi connectivity index (χ1) is 8.70. The average molecular weight is 265 g/mol. The van der Waals surface area contributed by atoms with Gasteiger partial charge in [-0.05, 0) is 30.7 Å². The lowest BCUT2D eigenvalue weighted by molar-refractivity contribution is 0.0910. The Bertz CT molecular complexity index is 442. The molecular formula is C14H17ClN2O. The number of halogens is 1. The molecule has 1 aromatic rings. The zero-order valence-corrected chi connectivity index (χ0v) is 10.9. The lowest BCUT2D eigenvalue weighted by atomic mass is 10.1. The molecule has 4 heteroatoms. The van der Waals surface area contributed by atoms with Crippen LogP contribution in [-0.2, 0) is 0 Å². The summed E-state index contributed by atoms with van der Waals surface area (Å²) in [4.78, 5) is 14.3. The lowest BCUT2D eigenvalue weighted by Crippen LogP contribution is -2.44. The van der Waals surface area contributed by atoms with Gasteiger partial charge in [0.25, 0.3) is 0 Å². The summed E-state index contributed by atoms with van der Waals surface area (Å²) in [5.41, 5.74) is 6.41. The molecule has 0 saturated heterocycles. The first-order valence-electron chi connectivity index (χ1n) is 6.10. The molecule has 0 aromatic heterocycles. The van der Waals surface area contributed by atoms with Crippen LogP contribution >= 0.6 is 11.6 Å². The fraction of sp³-hybridized carbons (Fsp3) is 0.357. The Morgan fingerprint density at radius 2 is 2.11 bits per heavy atom. The Labute approximate surface area is 112 Å². The molecule has 0 spiro atoms. The third kappa shape index (κ3) is 3.19. The molecular weight excluding hydrogens is 248 g/mol. The van der Waals surface area contributed by atoms with Gasteiger partial charge in [-0.15, -0.1) is 0 Å². The van der Waals surface area contributed by atoms with Crippen LogP contribution in [0.15, 0.2) is 36.4 Å². The van der Waals surface area contributed by atoms with Crippen LogP contribution in [0.3, 0.4) is 0 Å². The highest BCUT2D eigenvalue weighted by atomic mass is 35.5. The first kappa shape index (κ1) is 13.3. The minimum atomic E-state index is 0.111. The fourth-order valence-electron chi connectivity index (χ4n) is 2.12. The summed E-state index contributed by atoms with van der Waals surface area (Å²) in [5.74, 6) is 0.111. The summed E-state index contributed by atoms with van der Waals surface area (Å²) in [6.45, 7) is 1.84. The molecule has 96 valence electrons. The number of carbonyl (C=O) groups excluding carboxylic acids is 1. The van der Waals surface area contributed by atoms with Gasteiger partial charge in [-0.2, -0.15) is 0 Å². The second-order valence-corrected chi connectivity index (χ2v) is 4.86. The molecule has 1 unspecified atom stereocenters. The first-order valence-corrected chi connectivity index (χ1v) is 6.48. The third-order valence-corrected chi connectivity index (χ3v) is 3.42. The van der Waals surface area contributed by atoms with Crippen LogP contribution in [0.4, 0.5) is 0 Å². The summed E-state index contributed by atoms with van der Waals surface area (Å²) in [7, 11) is 0. The van der Waals surface area contributed by atoms with Crippen LogP contribution in [0.5, 0.6) is 0 Å². The standard InChI is InChI=1S/C14H17ClN2O/c15-12-6-4-11(5-7-12)14(18)10-17-8-2-1-3-13(17)9-16/h1,3-7,13H,2,8-10,16H2. The van der Waals surface area contributed by atoms with Crippen molar-refractivity contribution in [1.82, 2.24) is 4.90 Å². The van der Waals surface area contributed by atoms with Gasteiger partial charge in [0.15, 0.2) is 5.78 Å². The molecule has 2 N–H and O–H groups in total. The highest BCUT2D eigenvalue weighted by molar-refractivity contribution is 6.30. The maximum atomic E-state index is 12.1. The van der Waals surface area contributed by atoms with Crippen LogP contribution in [0, 0.1) is 0 Å². The van der Waals surface area contributed by atoms with Crippen molar-refractivity contribution in [3.8, 4) is 0 Å². The van der Waals surface area contributed by atoms with E-state index < -0.39 is 0 Å². The lowest BCUT2D eigenvalue weighted by Gasteiger charge is -2.30. The minimum Gasteiger partial charge on any atom is -0.329 e. The molecule has 0 aliphatic carbocycles. The molecule has 18 heavy (non-hydrogen) atoms. The van der Waals surface area contributed by atoms with Crippen molar-refractivity contribution in [2.75, 3.05) is 19.6 Å². The Morgan fingerprint density at radius 3 is 2.78 bits per heavy atom. The van der Waals surface area contributed by atoms with Crippen LogP contribution in [0.1, 0.15) is 16.8 Å². The van der Waals surface area contributed by atoms with E-state index in [0.717, 1.165) is 13.0 Å². The molecule has 0 bridgehead atoms. The Morgan fingerprint density at radius 1 is 1.39 bits per heavy atom. The van der Waals surface area contributed by atoms with E-state index in [1.54, 1.807) is 24.3 Å². The predicted octanol–water partition coefficient (Wildman–Crippen LogP) is 2.11. The molecule has 2 rings (SSSR count). The van der Waals surface area contributed by atoms with Gasteiger partial charge in [0.1, 0.15) is 0 Å². The van der Waals surface area contributed by atoms with Crippen molar-refractivity contribution in [2.45, 2.75) is 12.5 Å². The van der Waals surface area contributed by atoms with Crippen molar-refractivity contribution in [3.63, 3.8) is 0 Å². The summed E-state index contributed by atoms with van der Waals surface area (Å²) in [6.07, 6.45) is 5.18. The van der Waals surface area contributed by atoms with Gasteiger partial charge in [0.2, 0.25) is 0 Å². The van der Waals surface area contributed by atoms with Crippen molar-refractivity contribution < 1.29 is 4.79 Å². The van der Waals surface area contributed by atoms with E-state index in [-0.39, 0.29) is 11.8 Å². The molecule has 3 nitrogen and oxygen atoms in total. The minimum absolute atomic E-state index is 0.111. The summed E-state index contributed by atoms with van der Waals surface area (Å²) in [5, 5.41) is 0.646. The van der Waals surface area contributed by atoms with Gasteiger partial charge < -0.3 is 5.73 Å². The molecule has 0 saturated carbocycles. The number of ketones is 1. The van der Waals surface area contributed by atoms with Gasteiger partial charge in [-0.1, -0.05) is 23.8 Å². The number of nitrogens with two attached hydrogens (primary N) is 1. The molecule has 1 aliphatic rings. The monoisotopic (exact) mass is 264 g/mol. The van der Waals surface area contributed by atoms with E-state index in [1.165, 1.54) is 0 Å². The van der Waals surface area contributed by atoms with Crippen molar-refractivity contribution in [1.29, 1.82) is 0 Å². The van der Waals surface area contributed by atoms with Gasteiger partial charge in [-0.3, -0.25) is 9.69 Å². The Hall–Kier alpha value is -1.16. The molecule has 1 aromatic carbocycles. The van der Waals surface area contributed by atoms with E-state index >= 15 is 0 Å². The van der Waals surface area contributed by atoms with Gasteiger partial charge in [0.05, 0.1) is 6.54 Å². The van der Waals surface area contributed by atoms with E-state index in [0.29, 0.717) is 23.7 Å². The third-order valence-electron chi connectivity index (χ3n) is 3.16. The highest BCUT2D eigenvalue weighted by Crippen LogP contribution is 2.13. The number of benzene rings is 1. The number of carbonyl (C=O) groups is 1. The SMILES string of the molecule is NCC1C=CCCN1CC(=O)c1ccc(Cl)cc1. The number of hydrogen-bond donors (Lipinski definition) is 1. The van der Waals surface area contributed by atoms with Crippen LogP contribution in [0.2, 0.25) is 5.02 Å². The summed E-state index contributed by atoms with van der Waals surface area (Å²) >= 11 is 5.81. The van der Waals surface area contributed by atoms with E-state index in [2.05, 4.69) is 17.1 Å². The van der Waals surface area contributed by atoms with E-state index in [4.69, 9.17) is 17.3 Å². The van der Waals surface area contributed by atoms with E-state index in [1.807, 2.05) is 0 Å². The molecule has 0 fully saturated rings. The maximum Gasteiger partial charge on any atom is 0.176 e. The van der Waals surface area contributed by atoms with E-state index in [9.17, 15) is 4.79 Å². The quantitative estimate of drug-likeness (QED) is 0.669. The number of rotatable bonds is 4. The Kier molecular flexibility index (Phi) is 4.53. The number of nitrogens with zero attached hydrogens (tertiary/aromatic N) is 1. The summed E-state index contributed by atoms with van der Waals surface area (Å²) in [6, 6.07) is 7.19. The Balaban J connectivity index is 2.02. The van der Waals surface area contributed by atoms with Crippen molar-refractivity contribution in [3.05, 3.63) is 47.0 Å².